The maximum Gasteiger partial charge on any atom is 0.133 e. The van der Waals surface area contributed by atoms with Gasteiger partial charge in [0.2, 0.25) is 0 Å². The first-order valence-corrected chi connectivity index (χ1v) is 8.55. The molecule has 2 heterocycles. The minimum atomic E-state index is 0.982. The minimum absolute atomic E-state index is 0.982. The lowest BCUT2D eigenvalue weighted by Gasteiger charge is -2.09. The number of hydrogen-bond donors (Lipinski definition) is 1. The molecule has 0 amide bonds. The molecule has 0 aliphatic carbocycles. The van der Waals surface area contributed by atoms with E-state index in [1.807, 2.05) is 0 Å². The smallest absolute Gasteiger partial charge is 0.133 e. The Bertz CT molecular complexity index is 914. The zero-order valence-electron chi connectivity index (χ0n) is 14.8. The van der Waals surface area contributed by atoms with Gasteiger partial charge in [-0.2, -0.15) is 5.10 Å². The lowest BCUT2D eigenvalue weighted by Crippen LogP contribution is -2.04. The molecule has 0 spiro atoms. The van der Waals surface area contributed by atoms with Crippen LogP contribution in [0.2, 0.25) is 0 Å². The van der Waals surface area contributed by atoms with Gasteiger partial charge in [-0.15, -0.1) is 0 Å². The normalized spacial score (nSPS) is 13.0. The minimum Gasteiger partial charge on any atom is -0.369 e. The summed E-state index contributed by atoms with van der Waals surface area (Å²) in [6, 6.07) is 13.2. The van der Waals surface area contributed by atoms with Gasteiger partial charge in [-0.05, 0) is 69.5 Å². The number of anilines is 1. The van der Waals surface area contributed by atoms with E-state index < -0.39 is 0 Å². The van der Waals surface area contributed by atoms with Crippen molar-refractivity contribution in [1.82, 2.24) is 9.78 Å². The predicted octanol–water partition coefficient (Wildman–Crippen LogP) is 4.74. The van der Waals surface area contributed by atoms with Crippen molar-refractivity contribution in [3.63, 3.8) is 0 Å². The van der Waals surface area contributed by atoms with E-state index in [2.05, 4.69) is 74.1 Å². The number of nitrogens with one attached hydrogen (secondary N) is 1. The van der Waals surface area contributed by atoms with Crippen LogP contribution in [0, 0.1) is 27.7 Å². The van der Waals surface area contributed by atoms with Gasteiger partial charge in [0.05, 0.1) is 11.4 Å². The summed E-state index contributed by atoms with van der Waals surface area (Å²) in [5, 5.41) is 8.50. The number of aryl methyl sites for hydroxylation is 4. The third-order valence-electron chi connectivity index (χ3n) is 4.88. The number of aromatic nitrogens is 2. The van der Waals surface area contributed by atoms with Crippen LogP contribution in [-0.2, 0) is 6.42 Å². The van der Waals surface area contributed by atoms with Gasteiger partial charge in [0.1, 0.15) is 5.82 Å². The molecule has 1 aromatic heterocycles. The van der Waals surface area contributed by atoms with E-state index in [0.717, 1.165) is 30.2 Å². The molecule has 0 fully saturated rings. The number of rotatable bonds is 2. The van der Waals surface area contributed by atoms with Crippen LogP contribution in [-0.4, -0.2) is 16.3 Å². The standard InChI is InChI=1S/C21H23N3/c1-13-9-14(2)11-17(10-13)20-19-7-8-22-21(19)24(23-20)18-6-5-15(3)16(4)12-18/h5-6,9-12,22H,7-8H2,1-4H3. The van der Waals surface area contributed by atoms with E-state index in [9.17, 15) is 0 Å². The monoisotopic (exact) mass is 317 g/mol. The molecule has 0 saturated carbocycles. The van der Waals surface area contributed by atoms with Gasteiger partial charge in [-0.3, -0.25) is 0 Å². The van der Waals surface area contributed by atoms with Gasteiger partial charge >= 0.3 is 0 Å². The van der Waals surface area contributed by atoms with Crippen molar-refractivity contribution in [2.75, 3.05) is 11.9 Å². The first-order chi connectivity index (χ1) is 11.5. The molecule has 1 aliphatic heterocycles. The molecule has 1 N–H and O–H groups in total. The summed E-state index contributed by atoms with van der Waals surface area (Å²) >= 11 is 0. The highest BCUT2D eigenvalue weighted by Gasteiger charge is 2.24. The zero-order chi connectivity index (χ0) is 16.8. The molecule has 4 rings (SSSR count). The maximum atomic E-state index is 4.98. The number of benzene rings is 2. The van der Waals surface area contributed by atoms with Crippen molar-refractivity contribution in [1.29, 1.82) is 0 Å². The first kappa shape index (κ1) is 15.0. The molecule has 3 aromatic rings. The SMILES string of the molecule is Cc1cc(C)cc(-c2nn(-c3ccc(C)c(C)c3)c3c2CCN3)c1. The molecule has 0 radical (unpaired) electrons. The number of nitrogens with zero attached hydrogens (tertiary/aromatic N) is 2. The molecular weight excluding hydrogens is 294 g/mol. The van der Waals surface area contributed by atoms with E-state index in [1.165, 1.54) is 33.4 Å². The van der Waals surface area contributed by atoms with Crippen molar-refractivity contribution in [2.24, 2.45) is 0 Å². The third-order valence-corrected chi connectivity index (χ3v) is 4.88. The highest BCUT2D eigenvalue weighted by Crippen LogP contribution is 2.35. The van der Waals surface area contributed by atoms with Crippen molar-refractivity contribution in [3.8, 4) is 16.9 Å². The van der Waals surface area contributed by atoms with Crippen LogP contribution in [0.4, 0.5) is 5.82 Å². The Balaban J connectivity index is 1.90. The molecule has 0 unspecified atom stereocenters. The van der Waals surface area contributed by atoms with Crippen LogP contribution in [0.15, 0.2) is 36.4 Å². The van der Waals surface area contributed by atoms with Gasteiger partial charge in [-0.25, -0.2) is 4.68 Å². The van der Waals surface area contributed by atoms with Crippen LogP contribution < -0.4 is 5.32 Å². The summed E-state index contributed by atoms with van der Waals surface area (Å²) in [5.74, 6) is 1.15. The molecule has 3 heteroatoms. The van der Waals surface area contributed by atoms with E-state index in [4.69, 9.17) is 5.10 Å². The summed E-state index contributed by atoms with van der Waals surface area (Å²) in [6.45, 7) is 9.58. The molecule has 0 atom stereocenters. The molecule has 3 nitrogen and oxygen atoms in total. The van der Waals surface area contributed by atoms with E-state index in [0.29, 0.717) is 0 Å². The van der Waals surface area contributed by atoms with Gasteiger partial charge in [-0.1, -0.05) is 23.3 Å². The Hall–Kier alpha value is -2.55. The summed E-state index contributed by atoms with van der Waals surface area (Å²) in [7, 11) is 0. The Kier molecular flexibility index (Phi) is 3.45. The number of fused-ring (bicyclic) bond motifs is 1. The quantitative estimate of drug-likeness (QED) is 0.740. The highest BCUT2D eigenvalue weighted by molar-refractivity contribution is 5.73. The second kappa shape index (κ2) is 5.52. The third kappa shape index (κ3) is 2.41. The van der Waals surface area contributed by atoms with Crippen molar-refractivity contribution >= 4 is 5.82 Å². The fraction of sp³-hybridized carbons (Fsp3) is 0.286. The van der Waals surface area contributed by atoms with Crippen LogP contribution in [0.25, 0.3) is 16.9 Å². The largest absolute Gasteiger partial charge is 0.369 e. The topological polar surface area (TPSA) is 29.9 Å². The number of hydrogen-bond acceptors (Lipinski definition) is 2. The second-order valence-electron chi connectivity index (χ2n) is 6.91. The Labute approximate surface area is 143 Å². The van der Waals surface area contributed by atoms with Gasteiger partial charge < -0.3 is 5.32 Å². The average molecular weight is 317 g/mol. The predicted molar refractivity (Wildman–Crippen MR) is 100 cm³/mol. The summed E-state index contributed by atoms with van der Waals surface area (Å²) in [5.41, 5.74) is 9.95. The average Bonchev–Trinajstić information content (AvgIpc) is 3.11. The molecule has 122 valence electrons. The summed E-state index contributed by atoms with van der Waals surface area (Å²) < 4.78 is 2.07. The van der Waals surface area contributed by atoms with Crippen LogP contribution in [0.3, 0.4) is 0 Å². The molecule has 0 saturated heterocycles. The molecule has 24 heavy (non-hydrogen) atoms. The fourth-order valence-electron chi connectivity index (χ4n) is 3.56. The Morgan fingerprint density at radius 2 is 1.67 bits per heavy atom. The Morgan fingerprint density at radius 1 is 0.917 bits per heavy atom. The van der Waals surface area contributed by atoms with Crippen molar-refractivity contribution < 1.29 is 0 Å². The van der Waals surface area contributed by atoms with E-state index in [-0.39, 0.29) is 0 Å². The van der Waals surface area contributed by atoms with Crippen molar-refractivity contribution in [2.45, 2.75) is 34.1 Å². The van der Waals surface area contributed by atoms with Crippen LogP contribution in [0.1, 0.15) is 27.8 Å². The van der Waals surface area contributed by atoms with Crippen LogP contribution >= 0.6 is 0 Å². The lowest BCUT2D eigenvalue weighted by molar-refractivity contribution is 0.880. The molecule has 1 aliphatic rings. The maximum absolute atomic E-state index is 4.98. The van der Waals surface area contributed by atoms with E-state index >= 15 is 0 Å². The molecule has 0 bridgehead atoms. The van der Waals surface area contributed by atoms with Gasteiger partial charge in [0.15, 0.2) is 0 Å². The summed E-state index contributed by atoms with van der Waals surface area (Å²) in [6.07, 6.45) is 1.03. The first-order valence-electron chi connectivity index (χ1n) is 8.55. The van der Waals surface area contributed by atoms with Gasteiger partial charge in [0, 0.05) is 17.7 Å². The highest BCUT2D eigenvalue weighted by atomic mass is 15.3. The lowest BCUT2D eigenvalue weighted by atomic mass is 10.0. The molecule has 2 aromatic carbocycles. The second-order valence-corrected chi connectivity index (χ2v) is 6.91. The molecular formula is C21H23N3. The Morgan fingerprint density at radius 3 is 2.38 bits per heavy atom. The van der Waals surface area contributed by atoms with Crippen LogP contribution in [0.5, 0.6) is 0 Å². The summed E-state index contributed by atoms with van der Waals surface area (Å²) in [4.78, 5) is 0. The zero-order valence-corrected chi connectivity index (χ0v) is 14.8. The fourth-order valence-corrected chi connectivity index (χ4v) is 3.56. The van der Waals surface area contributed by atoms with Crippen molar-refractivity contribution in [3.05, 3.63) is 64.2 Å². The van der Waals surface area contributed by atoms with Gasteiger partial charge in [0.25, 0.3) is 0 Å². The van der Waals surface area contributed by atoms with E-state index in [1.54, 1.807) is 0 Å².